The maximum absolute atomic E-state index is 10.9. The Morgan fingerprint density at radius 2 is 1.17 bits per heavy atom. The number of fused-ring (bicyclic) bond motifs is 9. The third-order valence-electron chi connectivity index (χ3n) is 11.6. The Morgan fingerprint density at radius 3 is 1.80 bits per heavy atom. The number of benzene rings is 8. The van der Waals surface area contributed by atoms with E-state index in [0.717, 1.165) is 83.2 Å². The van der Waals surface area contributed by atoms with Gasteiger partial charge in [0, 0.05) is 28.2 Å². The molecule has 0 amide bonds. The van der Waals surface area contributed by atoms with Crippen LogP contribution in [0.1, 0.15) is 16.7 Å². The lowest BCUT2D eigenvalue weighted by atomic mass is 9.89. The number of amidine groups is 1. The average molecular weight is 846 g/mol. The topological polar surface area (TPSA) is 191 Å². The van der Waals surface area contributed by atoms with Crippen molar-refractivity contribution in [3.8, 4) is 57.9 Å². The third-order valence-corrected chi connectivity index (χ3v) is 11.6. The van der Waals surface area contributed by atoms with Crippen molar-refractivity contribution in [2.24, 2.45) is 9.98 Å². The Bertz CT molecular complexity index is 3540. The van der Waals surface area contributed by atoms with Crippen molar-refractivity contribution in [1.29, 1.82) is 0 Å². The van der Waals surface area contributed by atoms with Gasteiger partial charge in [-0.1, -0.05) is 103 Å². The Labute approximate surface area is 365 Å². The highest BCUT2D eigenvalue weighted by atomic mass is 16.4. The zero-order valence-corrected chi connectivity index (χ0v) is 34.2. The number of aromatic nitrogens is 1. The molecule has 0 fully saturated rings. The van der Waals surface area contributed by atoms with Crippen molar-refractivity contribution in [2.45, 2.75) is 6.92 Å². The van der Waals surface area contributed by atoms with Gasteiger partial charge in [-0.05, 0) is 92.3 Å². The SMILES string of the molecule is C#C/C(CN=C(N=Cc1c(O)c(O)c(O)c(O)c1O)c1cc2c3ccccc3c3ccccc3c2cc1-c1ccc2c3ccccc3n(-c3ccccc3C)c2c1)=C(O)\C(O)=C/CO. The van der Waals surface area contributed by atoms with Crippen LogP contribution >= 0.6 is 0 Å². The number of phenols is 5. The van der Waals surface area contributed by atoms with Crippen LogP contribution in [-0.4, -0.2) is 70.6 Å². The first-order valence-corrected chi connectivity index (χ1v) is 20.2. The molecule has 0 aliphatic carbocycles. The molecule has 0 unspecified atom stereocenters. The summed E-state index contributed by atoms with van der Waals surface area (Å²) in [7, 11) is 0. The molecule has 9 aromatic rings. The summed E-state index contributed by atoms with van der Waals surface area (Å²) >= 11 is 0. The molecule has 0 aliphatic heterocycles. The van der Waals surface area contributed by atoms with E-state index in [-0.39, 0.29) is 11.4 Å². The van der Waals surface area contributed by atoms with E-state index in [1.807, 2.05) is 72.8 Å². The molecule has 8 aromatic carbocycles. The van der Waals surface area contributed by atoms with Crippen molar-refractivity contribution in [3.05, 3.63) is 167 Å². The minimum atomic E-state index is -1.13. The number of aliphatic imine (C=N–C) groups is 2. The highest BCUT2D eigenvalue weighted by molar-refractivity contribution is 6.27. The van der Waals surface area contributed by atoms with Gasteiger partial charge in [0.1, 0.15) is 0 Å². The molecule has 0 aliphatic rings. The summed E-state index contributed by atoms with van der Waals surface area (Å²) in [4.78, 5) is 9.45. The van der Waals surface area contributed by atoms with Crippen LogP contribution in [0.3, 0.4) is 0 Å². The van der Waals surface area contributed by atoms with Crippen LogP contribution < -0.4 is 0 Å². The molecule has 314 valence electrons. The van der Waals surface area contributed by atoms with Crippen molar-refractivity contribution < 1.29 is 40.9 Å². The minimum Gasteiger partial charge on any atom is -0.504 e. The Morgan fingerprint density at radius 1 is 0.625 bits per heavy atom. The van der Waals surface area contributed by atoms with Crippen LogP contribution in [0.4, 0.5) is 0 Å². The lowest BCUT2D eigenvalue weighted by Crippen LogP contribution is -2.06. The Hall–Kier alpha value is -8.72. The van der Waals surface area contributed by atoms with E-state index in [4.69, 9.17) is 11.4 Å². The van der Waals surface area contributed by atoms with Gasteiger partial charge < -0.3 is 45.4 Å². The summed E-state index contributed by atoms with van der Waals surface area (Å²) in [5.74, 6) is -4.32. The van der Waals surface area contributed by atoms with Gasteiger partial charge in [0.2, 0.25) is 17.2 Å². The van der Waals surface area contributed by atoms with Crippen molar-refractivity contribution in [1.82, 2.24) is 4.57 Å². The molecule has 0 spiro atoms. The molecule has 0 radical (unpaired) electrons. The fourth-order valence-corrected chi connectivity index (χ4v) is 8.41. The summed E-state index contributed by atoms with van der Waals surface area (Å²) in [6.07, 6.45) is 7.76. The first kappa shape index (κ1) is 40.7. The molecule has 8 N–H and O–H groups in total. The number of nitrogens with zero attached hydrogens (tertiary/aromatic N) is 3. The zero-order chi connectivity index (χ0) is 44.8. The van der Waals surface area contributed by atoms with Gasteiger partial charge in [-0.15, -0.1) is 6.42 Å². The van der Waals surface area contributed by atoms with E-state index < -0.39 is 59.0 Å². The van der Waals surface area contributed by atoms with Gasteiger partial charge in [0.05, 0.1) is 35.3 Å². The fourth-order valence-electron chi connectivity index (χ4n) is 8.41. The molecule has 0 saturated heterocycles. The van der Waals surface area contributed by atoms with E-state index in [9.17, 15) is 40.9 Å². The molecular weight excluding hydrogens is 807 g/mol. The lowest BCUT2D eigenvalue weighted by Gasteiger charge is -2.17. The smallest absolute Gasteiger partial charge is 0.208 e. The van der Waals surface area contributed by atoms with Crippen LogP contribution in [0.25, 0.3) is 70.9 Å². The average Bonchev–Trinajstić information content (AvgIpc) is 3.65. The van der Waals surface area contributed by atoms with Gasteiger partial charge in [0.25, 0.3) is 0 Å². The highest BCUT2D eigenvalue weighted by Crippen LogP contribution is 2.50. The number of para-hydroxylation sites is 2. The molecule has 64 heavy (non-hydrogen) atoms. The number of phenolic OH excluding ortho intramolecular Hbond substituents is 5. The van der Waals surface area contributed by atoms with Crippen molar-refractivity contribution in [3.63, 3.8) is 0 Å². The van der Waals surface area contributed by atoms with Crippen LogP contribution in [0.15, 0.2) is 161 Å². The number of rotatable bonds is 8. The summed E-state index contributed by atoms with van der Waals surface area (Å²) < 4.78 is 2.23. The Balaban J connectivity index is 1.40. The molecule has 0 bridgehead atoms. The number of aliphatic hydroxyl groups is 3. The number of aryl methyl sites for hydroxylation is 1. The normalized spacial score (nSPS) is 12.8. The van der Waals surface area contributed by atoms with Gasteiger partial charge in [-0.25, -0.2) is 4.99 Å². The minimum absolute atomic E-state index is 0.0503. The lowest BCUT2D eigenvalue weighted by molar-refractivity contribution is 0.302. The fraction of sp³-hybridized carbons (Fsp3) is 0.0566. The monoisotopic (exact) mass is 845 g/mol. The standard InChI is InChI=1S/C53H39N3O8/c1-3-30(47(59)46(58)22-23-57)27-54-53(55-28-42-48(60)50(62)52(64)51(63)49(42)61)41-26-40-35-16-8-6-14-33(35)32-13-5-7-15-34(32)39(40)25-38(41)31-20-21-37-36-17-9-11-19-44(36)56(45(37)24-31)43-18-10-4-12-29(43)2/h1,4-22,24-26,28,57-64H,23,27H2,2H3/b46-22+,47-30-,54-53?,55-28?. The van der Waals surface area contributed by atoms with Gasteiger partial charge in [0.15, 0.2) is 28.9 Å². The number of hydrogen-bond acceptors (Lipinski definition) is 9. The van der Waals surface area contributed by atoms with Gasteiger partial charge in [-0.3, -0.25) is 4.99 Å². The molecule has 11 nitrogen and oxygen atoms in total. The molecular formula is C53H39N3O8. The molecule has 0 atom stereocenters. The number of terminal acetylenes is 1. The maximum Gasteiger partial charge on any atom is 0.208 e. The second kappa shape index (κ2) is 16.3. The summed E-state index contributed by atoms with van der Waals surface area (Å²) in [6.45, 7) is 1.05. The second-order valence-electron chi connectivity index (χ2n) is 15.2. The first-order chi connectivity index (χ1) is 31.0. The maximum atomic E-state index is 10.9. The van der Waals surface area contributed by atoms with Crippen LogP contribution in [0.2, 0.25) is 0 Å². The van der Waals surface area contributed by atoms with E-state index in [2.05, 4.69) is 77.0 Å². The molecule has 1 aromatic heterocycles. The van der Waals surface area contributed by atoms with Crippen molar-refractivity contribution >= 4 is 66.2 Å². The van der Waals surface area contributed by atoms with Crippen LogP contribution in [0, 0.1) is 19.3 Å². The molecule has 0 saturated carbocycles. The zero-order valence-electron chi connectivity index (χ0n) is 34.2. The van der Waals surface area contributed by atoms with Crippen LogP contribution in [0.5, 0.6) is 28.7 Å². The predicted molar refractivity (Wildman–Crippen MR) is 254 cm³/mol. The molecule has 11 heteroatoms. The number of aliphatic hydroxyl groups excluding tert-OH is 3. The number of hydrogen-bond donors (Lipinski definition) is 8. The summed E-state index contributed by atoms with van der Waals surface area (Å²) in [5, 5.41) is 91.2. The van der Waals surface area contributed by atoms with E-state index in [1.54, 1.807) is 0 Å². The van der Waals surface area contributed by atoms with Gasteiger partial charge in [-0.2, -0.15) is 0 Å². The third kappa shape index (κ3) is 6.71. The predicted octanol–water partition coefficient (Wildman–Crippen LogP) is 10.5. The highest BCUT2D eigenvalue weighted by Gasteiger charge is 2.24. The van der Waals surface area contributed by atoms with E-state index in [1.165, 1.54) is 0 Å². The molecule has 1 heterocycles. The summed E-state index contributed by atoms with van der Waals surface area (Å²) in [6, 6.07) is 42.6. The van der Waals surface area contributed by atoms with Crippen molar-refractivity contribution in [2.75, 3.05) is 13.2 Å². The molecule has 9 rings (SSSR count). The number of aromatic hydroxyl groups is 5. The second-order valence-corrected chi connectivity index (χ2v) is 15.2. The van der Waals surface area contributed by atoms with E-state index >= 15 is 0 Å². The summed E-state index contributed by atoms with van der Waals surface area (Å²) in [5.41, 5.74) is 5.14. The Kier molecular flexibility index (Phi) is 10.3. The van der Waals surface area contributed by atoms with Crippen LogP contribution in [-0.2, 0) is 0 Å². The largest absolute Gasteiger partial charge is 0.504 e. The van der Waals surface area contributed by atoms with Gasteiger partial charge >= 0.3 is 0 Å². The first-order valence-electron chi connectivity index (χ1n) is 20.2. The quantitative estimate of drug-likeness (QED) is 0.0108. The van der Waals surface area contributed by atoms with E-state index in [0.29, 0.717) is 11.1 Å².